The normalized spacial score (nSPS) is 17.9. The molecule has 0 spiro atoms. The Morgan fingerprint density at radius 3 is 2.33 bits per heavy atom. The molecule has 84 valence electrons. The average molecular weight is 292 g/mol. The van der Waals surface area contributed by atoms with Crippen molar-refractivity contribution in [1.82, 2.24) is 5.32 Å². The second-order valence-electron chi connectivity index (χ2n) is 4.18. The van der Waals surface area contributed by atoms with Gasteiger partial charge < -0.3 is 11.1 Å². The molecule has 1 heterocycles. The van der Waals surface area contributed by atoms with E-state index in [0.29, 0.717) is 0 Å². The van der Waals surface area contributed by atoms with Crippen LogP contribution in [-0.4, -0.2) is 13.1 Å². The van der Waals surface area contributed by atoms with Crippen molar-refractivity contribution in [3.63, 3.8) is 0 Å². The quantitative estimate of drug-likeness (QED) is 0.833. The van der Waals surface area contributed by atoms with E-state index < -0.39 is 0 Å². The Kier molecular flexibility index (Phi) is 3.82. The smallest absolute Gasteiger partial charge is 0.0665 e. The second kappa shape index (κ2) is 4.42. The molecule has 3 N–H and O–H groups in total. The van der Waals surface area contributed by atoms with Gasteiger partial charge in [0.15, 0.2) is 0 Å². The van der Waals surface area contributed by atoms with Gasteiger partial charge in [0.05, 0.1) is 5.54 Å². The molecule has 0 aliphatic carbocycles. The summed E-state index contributed by atoms with van der Waals surface area (Å²) in [7, 11) is 0. The Morgan fingerprint density at radius 2 is 1.87 bits per heavy atom. The zero-order valence-electron chi connectivity index (χ0n) is 8.93. The van der Waals surface area contributed by atoms with E-state index in [0.717, 1.165) is 17.6 Å². The van der Waals surface area contributed by atoms with E-state index in [2.05, 4.69) is 47.2 Å². The van der Waals surface area contributed by atoms with Gasteiger partial charge in [0, 0.05) is 17.6 Å². The number of rotatable bonds is 1. The molecule has 0 bridgehead atoms. The van der Waals surface area contributed by atoms with Crippen LogP contribution in [0.15, 0.2) is 16.6 Å². The van der Waals surface area contributed by atoms with Crippen LogP contribution in [0.5, 0.6) is 0 Å². The van der Waals surface area contributed by atoms with Crippen molar-refractivity contribution in [1.29, 1.82) is 0 Å². The zero-order valence-corrected chi connectivity index (χ0v) is 11.3. The topological polar surface area (TPSA) is 38.0 Å². The maximum atomic E-state index is 6.26. The van der Waals surface area contributed by atoms with Crippen molar-refractivity contribution < 1.29 is 0 Å². The minimum Gasteiger partial charge on any atom is -0.319 e. The van der Waals surface area contributed by atoms with E-state index in [1.54, 1.807) is 0 Å². The molecule has 1 aliphatic rings. The van der Waals surface area contributed by atoms with Crippen molar-refractivity contribution in [2.24, 2.45) is 5.73 Å². The molecule has 1 aromatic rings. The summed E-state index contributed by atoms with van der Waals surface area (Å²) in [6, 6.07) is 4.35. The summed E-state index contributed by atoms with van der Waals surface area (Å²) in [5.41, 5.74) is 9.92. The fourth-order valence-electron chi connectivity index (χ4n) is 1.95. The summed E-state index contributed by atoms with van der Waals surface area (Å²) in [5, 5.41) is 3.22. The van der Waals surface area contributed by atoms with Crippen LogP contribution in [0, 0.1) is 13.8 Å². The lowest BCUT2D eigenvalue weighted by molar-refractivity contribution is 0.286. The van der Waals surface area contributed by atoms with Crippen LogP contribution in [-0.2, 0) is 5.54 Å². The predicted molar refractivity (Wildman–Crippen MR) is 69.6 cm³/mol. The molecule has 1 aliphatic heterocycles. The highest BCUT2D eigenvalue weighted by Crippen LogP contribution is 2.30. The number of hydrogen-bond donors (Lipinski definition) is 2. The van der Waals surface area contributed by atoms with Gasteiger partial charge in [-0.05, 0) is 36.6 Å². The summed E-state index contributed by atoms with van der Waals surface area (Å²) in [5.74, 6) is 0. The molecule has 0 radical (unpaired) electrons. The molecule has 0 amide bonds. The van der Waals surface area contributed by atoms with Crippen molar-refractivity contribution >= 4 is 28.3 Å². The Labute approximate surface area is 105 Å². The number of aryl methyl sites for hydroxylation is 2. The van der Waals surface area contributed by atoms with Crippen LogP contribution >= 0.6 is 28.3 Å². The minimum absolute atomic E-state index is 0. The summed E-state index contributed by atoms with van der Waals surface area (Å²) in [6.07, 6.45) is 0. The van der Waals surface area contributed by atoms with Gasteiger partial charge in [0.25, 0.3) is 0 Å². The molecule has 1 saturated heterocycles. The first-order chi connectivity index (χ1) is 6.53. The van der Waals surface area contributed by atoms with E-state index in [4.69, 9.17) is 5.73 Å². The Hall–Kier alpha value is -0.0900. The van der Waals surface area contributed by atoms with E-state index in [1.165, 1.54) is 16.7 Å². The molecular weight excluding hydrogens is 275 g/mol. The highest BCUT2D eigenvalue weighted by atomic mass is 79.9. The summed E-state index contributed by atoms with van der Waals surface area (Å²) in [6.45, 7) is 5.98. The van der Waals surface area contributed by atoms with Crippen LogP contribution in [0.2, 0.25) is 0 Å². The molecular formula is C11H16BrClN2. The van der Waals surface area contributed by atoms with Crippen molar-refractivity contribution in [2.75, 3.05) is 13.1 Å². The van der Waals surface area contributed by atoms with Crippen molar-refractivity contribution in [2.45, 2.75) is 19.4 Å². The van der Waals surface area contributed by atoms with Gasteiger partial charge in [-0.1, -0.05) is 22.0 Å². The number of nitrogens with two attached hydrogens (primary N) is 1. The molecule has 0 aromatic heterocycles. The van der Waals surface area contributed by atoms with Gasteiger partial charge >= 0.3 is 0 Å². The van der Waals surface area contributed by atoms with Crippen LogP contribution in [0.25, 0.3) is 0 Å². The Bertz CT molecular complexity index is 375. The summed E-state index contributed by atoms with van der Waals surface area (Å²) >= 11 is 3.55. The average Bonchev–Trinajstić information content (AvgIpc) is 2.07. The minimum atomic E-state index is -0.152. The molecule has 4 heteroatoms. The lowest BCUT2D eigenvalue weighted by Gasteiger charge is -2.40. The summed E-state index contributed by atoms with van der Waals surface area (Å²) in [4.78, 5) is 0. The lowest BCUT2D eigenvalue weighted by Crippen LogP contribution is -2.63. The fraction of sp³-hybridized carbons (Fsp3) is 0.455. The molecule has 0 atom stereocenters. The fourth-order valence-corrected chi connectivity index (χ4v) is 2.29. The van der Waals surface area contributed by atoms with E-state index in [1.807, 2.05) is 0 Å². The first kappa shape index (κ1) is 13.0. The third-order valence-corrected chi connectivity index (χ3v) is 3.78. The van der Waals surface area contributed by atoms with Crippen LogP contribution in [0.1, 0.15) is 16.7 Å². The highest BCUT2D eigenvalue weighted by Gasteiger charge is 2.35. The monoisotopic (exact) mass is 290 g/mol. The maximum absolute atomic E-state index is 6.26. The third-order valence-electron chi connectivity index (χ3n) is 2.92. The van der Waals surface area contributed by atoms with Gasteiger partial charge in [0.2, 0.25) is 0 Å². The standard InChI is InChI=1S/C11H15BrN2.ClH/c1-7-3-8(2)10(12)4-9(7)11(13)5-14-6-11;/h3-4,14H,5-6,13H2,1-2H3;1H. The Morgan fingerprint density at radius 1 is 1.27 bits per heavy atom. The first-order valence-corrected chi connectivity index (χ1v) is 5.59. The number of nitrogens with one attached hydrogen (secondary N) is 1. The zero-order chi connectivity index (χ0) is 10.3. The summed E-state index contributed by atoms with van der Waals surface area (Å²) < 4.78 is 1.15. The SMILES string of the molecule is Cc1cc(C)c(C2(N)CNC2)cc1Br.Cl. The number of hydrogen-bond acceptors (Lipinski definition) is 2. The number of halogens is 2. The Balaban J connectivity index is 0.00000112. The van der Waals surface area contributed by atoms with Gasteiger partial charge in [-0.2, -0.15) is 0 Å². The molecule has 2 nitrogen and oxygen atoms in total. The maximum Gasteiger partial charge on any atom is 0.0665 e. The van der Waals surface area contributed by atoms with E-state index in [-0.39, 0.29) is 17.9 Å². The molecule has 0 unspecified atom stereocenters. The van der Waals surface area contributed by atoms with Gasteiger partial charge in [-0.3, -0.25) is 0 Å². The predicted octanol–water partition coefficient (Wildman–Crippen LogP) is 2.24. The van der Waals surface area contributed by atoms with E-state index >= 15 is 0 Å². The molecule has 0 saturated carbocycles. The third kappa shape index (κ3) is 2.21. The molecule has 1 aromatic carbocycles. The molecule has 2 rings (SSSR count). The lowest BCUT2D eigenvalue weighted by atomic mass is 9.82. The van der Waals surface area contributed by atoms with Gasteiger partial charge in [-0.25, -0.2) is 0 Å². The number of benzene rings is 1. The first-order valence-electron chi connectivity index (χ1n) is 4.80. The van der Waals surface area contributed by atoms with Crippen LogP contribution in [0.3, 0.4) is 0 Å². The molecule has 1 fully saturated rings. The van der Waals surface area contributed by atoms with Gasteiger partial charge in [0.1, 0.15) is 0 Å². The molecule has 15 heavy (non-hydrogen) atoms. The largest absolute Gasteiger partial charge is 0.319 e. The van der Waals surface area contributed by atoms with Crippen molar-refractivity contribution in [3.05, 3.63) is 33.3 Å². The van der Waals surface area contributed by atoms with Crippen molar-refractivity contribution in [3.8, 4) is 0 Å². The van der Waals surface area contributed by atoms with E-state index in [9.17, 15) is 0 Å². The second-order valence-corrected chi connectivity index (χ2v) is 5.03. The van der Waals surface area contributed by atoms with Crippen LogP contribution in [0.4, 0.5) is 0 Å². The van der Waals surface area contributed by atoms with Gasteiger partial charge in [-0.15, -0.1) is 12.4 Å². The van der Waals surface area contributed by atoms with Crippen LogP contribution < -0.4 is 11.1 Å². The highest BCUT2D eigenvalue weighted by molar-refractivity contribution is 9.10.